The van der Waals surface area contributed by atoms with Crippen molar-refractivity contribution in [2.45, 2.75) is 6.61 Å². The van der Waals surface area contributed by atoms with Gasteiger partial charge in [0.05, 0.1) is 5.02 Å². The van der Waals surface area contributed by atoms with Crippen LogP contribution in [0.5, 0.6) is 5.75 Å². The number of aromatic carboxylic acids is 1. The molecule has 0 fully saturated rings. The van der Waals surface area contributed by atoms with Crippen LogP contribution in [0.1, 0.15) is 16.1 Å². The summed E-state index contributed by atoms with van der Waals surface area (Å²) in [6.45, 7) is 0.169. The lowest BCUT2D eigenvalue weighted by molar-refractivity contribution is 0.0686. The van der Waals surface area contributed by atoms with E-state index < -0.39 is 11.8 Å². The maximum Gasteiger partial charge on any atom is 0.358 e. The number of carbonyl (C=O) groups is 1. The van der Waals surface area contributed by atoms with E-state index in [0.717, 1.165) is 11.6 Å². The van der Waals surface area contributed by atoms with Crippen LogP contribution in [-0.2, 0) is 6.61 Å². The predicted molar refractivity (Wildman–Crippen MR) is 84.6 cm³/mol. The highest BCUT2D eigenvalue weighted by molar-refractivity contribution is 6.32. The number of benzene rings is 2. The average molecular weight is 348 g/mol. The Labute approximate surface area is 141 Å². The molecule has 1 heterocycles. The van der Waals surface area contributed by atoms with Gasteiger partial charge in [-0.25, -0.2) is 9.18 Å². The second kappa shape index (κ2) is 6.72. The summed E-state index contributed by atoms with van der Waals surface area (Å²) in [5, 5.41) is 12.3. The molecule has 7 heteroatoms. The fraction of sp³-hybridized carbons (Fsp3) is 0.0588. The number of ether oxygens (including phenoxy) is 1. The minimum atomic E-state index is -1.24. The molecule has 0 unspecified atom stereocenters. The van der Waals surface area contributed by atoms with Gasteiger partial charge < -0.3 is 14.4 Å². The molecule has 0 radical (unpaired) electrons. The Morgan fingerprint density at radius 3 is 2.62 bits per heavy atom. The second-order valence-electron chi connectivity index (χ2n) is 4.92. The van der Waals surface area contributed by atoms with Crippen LogP contribution in [0, 0.1) is 5.82 Å². The molecule has 0 saturated heterocycles. The minimum absolute atomic E-state index is 0.0502. The second-order valence-corrected chi connectivity index (χ2v) is 5.33. The third-order valence-corrected chi connectivity index (χ3v) is 3.52. The van der Waals surface area contributed by atoms with Gasteiger partial charge in [-0.2, -0.15) is 0 Å². The number of rotatable bonds is 5. The quantitative estimate of drug-likeness (QED) is 0.740. The maximum atomic E-state index is 14.3. The molecule has 0 aliphatic heterocycles. The Kier molecular flexibility index (Phi) is 4.48. The molecule has 0 amide bonds. The van der Waals surface area contributed by atoms with E-state index in [1.165, 1.54) is 12.1 Å². The molecule has 0 aliphatic rings. The van der Waals surface area contributed by atoms with Crippen LogP contribution in [0.15, 0.2) is 53.1 Å². The van der Waals surface area contributed by atoms with Crippen molar-refractivity contribution in [3.05, 3.63) is 70.6 Å². The van der Waals surface area contributed by atoms with Gasteiger partial charge in [0, 0.05) is 11.6 Å². The largest absolute Gasteiger partial charge is 0.484 e. The first-order chi connectivity index (χ1) is 11.5. The number of halogens is 2. The van der Waals surface area contributed by atoms with Gasteiger partial charge in [0.1, 0.15) is 6.61 Å². The molecule has 24 heavy (non-hydrogen) atoms. The van der Waals surface area contributed by atoms with Crippen LogP contribution in [0.4, 0.5) is 4.39 Å². The summed E-state index contributed by atoms with van der Waals surface area (Å²) in [6, 6.07) is 13.0. The zero-order valence-electron chi connectivity index (χ0n) is 12.2. The van der Waals surface area contributed by atoms with Crippen molar-refractivity contribution in [1.82, 2.24) is 5.16 Å². The van der Waals surface area contributed by atoms with Gasteiger partial charge in [0.25, 0.3) is 0 Å². The van der Waals surface area contributed by atoms with Gasteiger partial charge in [-0.15, -0.1) is 0 Å². The number of hydrogen-bond donors (Lipinski definition) is 1. The Hall–Kier alpha value is -2.86. The number of nitrogens with zero attached hydrogens (tertiary/aromatic N) is 1. The first-order valence-electron chi connectivity index (χ1n) is 6.91. The van der Waals surface area contributed by atoms with Gasteiger partial charge >= 0.3 is 5.97 Å². The van der Waals surface area contributed by atoms with Crippen LogP contribution < -0.4 is 4.74 Å². The molecule has 5 nitrogen and oxygen atoms in total. The molecule has 3 rings (SSSR count). The predicted octanol–water partition coefficient (Wildman–Crippen LogP) is 4.41. The van der Waals surface area contributed by atoms with Crippen molar-refractivity contribution >= 4 is 17.6 Å². The fourth-order valence-corrected chi connectivity index (χ4v) is 2.34. The van der Waals surface area contributed by atoms with Crippen LogP contribution in [0.3, 0.4) is 0 Å². The molecule has 2 aromatic carbocycles. The fourth-order valence-electron chi connectivity index (χ4n) is 2.08. The molecule has 1 aromatic heterocycles. The highest BCUT2D eigenvalue weighted by Crippen LogP contribution is 2.34. The SMILES string of the molecule is O=C(O)c1cc(-c2cc(F)c(OCc3ccccc3)c(Cl)c2)on1. The first kappa shape index (κ1) is 16.0. The number of aromatic nitrogens is 1. The van der Waals surface area contributed by atoms with Crippen molar-refractivity contribution in [3.8, 4) is 17.1 Å². The van der Waals surface area contributed by atoms with E-state index in [1.54, 1.807) is 0 Å². The molecular weight excluding hydrogens is 337 g/mol. The van der Waals surface area contributed by atoms with E-state index in [4.69, 9.17) is 26.0 Å². The highest BCUT2D eigenvalue weighted by atomic mass is 35.5. The van der Waals surface area contributed by atoms with E-state index in [-0.39, 0.29) is 34.4 Å². The normalized spacial score (nSPS) is 10.6. The van der Waals surface area contributed by atoms with Crippen molar-refractivity contribution in [2.75, 3.05) is 0 Å². The zero-order chi connectivity index (χ0) is 17.1. The van der Waals surface area contributed by atoms with E-state index in [1.807, 2.05) is 30.3 Å². The Bertz CT molecular complexity index is 856. The average Bonchev–Trinajstić information content (AvgIpc) is 3.05. The van der Waals surface area contributed by atoms with Crippen LogP contribution in [-0.4, -0.2) is 16.2 Å². The maximum absolute atomic E-state index is 14.3. The molecule has 122 valence electrons. The van der Waals surface area contributed by atoms with Crippen molar-refractivity contribution in [2.24, 2.45) is 0 Å². The summed E-state index contributed by atoms with van der Waals surface area (Å²) in [7, 11) is 0. The van der Waals surface area contributed by atoms with Gasteiger partial charge in [0.2, 0.25) is 0 Å². The lowest BCUT2D eigenvalue weighted by Gasteiger charge is -2.10. The minimum Gasteiger partial charge on any atom is -0.484 e. The molecule has 1 N–H and O–H groups in total. The van der Waals surface area contributed by atoms with Crippen molar-refractivity contribution < 1.29 is 23.6 Å². The summed E-state index contributed by atoms with van der Waals surface area (Å²) in [6.07, 6.45) is 0. The van der Waals surface area contributed by atoms with E-state index in [2.05, 4.69) is 5.16 Å². The van der Waals surface area contributed by atoms with Gasteiger partial charge in [-0.1, -0.05) is 47.1 Å². The summed E-state index contributed by atoms with van der Waals surface area (Å²) in [4.78, 5) is 10.8. The van der Waals surface area contributed by atoms with Crippen molar-refractivity contribution in [1.29, 1.82) is 0 Å². The van der Waals surface area contributed by atoms with E-state index in [9.17, 15) is 9.18 Å². The Morgan fingerprint density at radius 2 is 2.00 bits per heavy atom. The zero-order valence-corrected chi connectivity index (χ0v) is 13.0. The van der Waals surface area contributed by atoms with Crippen LogP contribution in [0.25, 0.3) is 11.3 Å². The lowest BCUT2D eigenvalue weighted by Crippen LogP contribution is -1.98. The molecule has 3 aromatic rings. The smallest absolute Gasteiger partial charge is 0.358 e. The summed E-state index contributed by atoms with van der Waals surface area (Å²) in [5.41, 5.74) is 0.869. The third-order valence-electron chi connectivity index (χ3n) is 3.24. The highest BCUT2D eigenvalue weighted by Gasteiger charge is 2.17. The molecule has 0 atom stereocenters. The molecule has 0 saturated carbocycles. The summed E-state index contributed by atoms with van der Waals surface area (Å²) < 4.78 is 24.6. The van der Waals surface area contributed by atoms with Gasteiger partial charge in [-0.05, 0) is 17.7 Å². The molecule has 0 bridgehead atoms. The molecule has 0 aliphatic carbocycles. The summed E-state index contributed by atoms with van der Waals surface area (Å²) in [5.74, 6) is -1.90. The molecule has 0 spiro atoms. The number of hydrogen-bond acceptors (Lipinski definition) is 4. The van der Waals surface area contributed by atoms with Gasteiger partial charge in [0.15, 0.2) is 23.0 Å². The van der Waals surface area contributed by atoms with E-state index >= 15 is 0 Å². The molecular formula is C17H11ClFNO4. The van der Waals surface area contributed by atoms with E-state index in [0.29, 0.717) is 0 Å². The number of carboxylic acids is 1. The summed E-state index contributed by atoms with van der Waals surface area (Å²) >= 11 is 6.08. The first-order valence-corrected chi connectivity index (χ1v) is 7.28. The Balaban J connectivity index is 1.84. The van der Waals surface area contributed by atoms with Crippen LogP contribution in [0.2, 0.25) is 5.02 Å². The Morgan fingerprint density at radius 1 is 1.25 bits per heavy atom. The standard InChI is InChI=1S/C17H11ClFNO4/c18-12-6-11(15-8-14(17(21)22)20-24-15)7-13(19)16(12)23-9-10-4-2-1-3-5-10/h1-8H,9H2,(H,21,22). The van der Waals surface area contributed by atoms with Crippen molar-refractivity contribution in [3.63, 3.8) is 0 Å². The monoisotopic (exact) mass is 347 g/mol. The van der Waals surface area contributed by atoms with Gasteiger partial charge in [-0.3, -0.25) is 0 Å². The number of carboxylic acid groups (broad SMARTS) is 1. The topological polar surface area (TPSA) is 72.6 Å². The van der Waals surface area contributed by atoms with Crippen LogP contribution >= 0.6 is 11.6 Å². The lowest BCUT2D eigenvalue weighted by atomic mass is 10.1. The third kappa shape index (κ3) is 3.38.